The molecule has 116 valence electrons. The van der Waals surface area contributed by atoms with Crippen LogP contribution in [0.1, 0.15) is 27.2 Å². The van der Waals surface area contributed by atoms with Crippen molar-refractivity contribution in [1.29, 1.82) is 0 Å². The zero-order valence-electron chi connectivity index (χ0n) is 12.4. The maximum Gasteiger partial charge on any atom is 0.313 e. The second-order valence-electron chi connectivity index (χ2n) is 5.89. The van der Waals surface area contributed by atoms with E-state index in [4.69, 9.17) is 11.6 Å². The van der Waals surface area contributed by atoms with E-state index in [-0.39, 0.29) is 12.0 Å². The molecule has 6 heteroatoms. The first-order chi connectivity index (χ1) is 9.70. The summed E-state index contributed by atoms with van der Waals surface area (Å²) in [4.78, 5) is 23.3. The first-order valence-electron chi connectivity index (χ1n) is 6.73. The number of aliphatic hydroxyl groups excluding tert-OH is 1. The van der Waals surface area contributed by atoms with Gasteiger partial charge in [-0.05, 0) is 36.1 Å². The average molecular weight is 313 g/mol. The molecule has 0 radical (unpaired) electrons. The molecule has 0 fully saturated rings. The number of benzene rings is 1. The van der Waals surface area contributed by atoms with Gasteiger partial charge in [-0.3, -0.25) is 9.59 Å². The number of aliphatic hydroxyl groups is 1. The van der Waals surface area contributed by atoms with Crippen LogP contribution in [-0.4, -0.2) is 29.6 Å². The molecule has 5 nitrogen and oxygen atoms in total. The van der Waals surface area contributed by atoms with Crippen LogP contribution in [0.2, 0.25) is 5.02 Å². The Morgan fingerprint density at radius 2 is 1.76 bits per heavy atom. The van der Waals surface area contributed by atoms with E-state index in [2.05, 4.69) is 10.6 Å². The summed E-state index contributed by atoms with van der Waals surface area (Å²) in [5, 5.41) is 15.3. The number of halogens is 1. The fourth-order valence-corrected chi connectivity index (χ4v) is 1.68. The summed E-state index contributed by atoms with van der Waals surface area (Å²) in [5.74, 6) is -1.48. The Bertz CT molecular complexity index is 495. The standard InChI is InChI=1S/C15H21ClN2O3/c1-15(2,3)12(19)8-9-17-13(20)14(21)18-11-6-4-10(16)5-7-11/h4-7,12,19H,8-9H2,1-3H3,(H,17,20)(H,18,21). The maximum absolute atomic E-state index is 11.7. The third kappa shape index (κ3) is 6.14. The van der Waals surface area contributed by atoms with Gasteiger partial charge in [-0.15, -0.1) is 0 Å². The van der Waals surface area contributed by atoms with Gasteiger partial charge in [0.15, 0.2) is 0 Å². The lowest BCUT2D eigenvalue weighted by Gasteiger charge is -2.25. The van der Waals surface area contributed by atoms with Gasteiger partial charge in [-0.25, -0.2) is 0 Å². The van der Waals surface area contributed by atoms with Crippen molar-refractivity contribution in [3.05, 3.63) is 29.3 Å². The average Bonchev–Trinajstić information content (AvgIpc) is 2.40. The molecule has 0 spiro atoms. The van der Waals surface area contributed by atoms with E-state index in [1.807, 2.05) is 20.8 Å². The number of hydrogen-bond acceptors (Lipinski definition) is 3. The van der Waals surface area contributed by atoms with Gasteiger partial charge in [0.2, 0.25) is 0 Å². The Kier molecular flexibility index (Phi) is 6.18. The molecule has 3 N–H and O–H groups in total. The first kappa shape index (κ1) is 17.5. The highest BCUT2D eigenvalue weighted by atomic mass is 35.5. The minimum atomic E-state index is -0.748. The van der Waals surface area contributed by atoms with E-state index in [9.17, 15) is 14.7 Å². The Morgan fingerprint density at radius 3 is 2.29 bits per heavy atom. The van der Waals surface area contributed by atoms with Gasteiger partial charge in [0, 0.05) is 17.3 Å². The summed E-state index contributed by atoms with van der Waals surface area (Å²) in [6.45, 7) is 5.97. The predicted octanol–water partition coefficient (Wildman–Crippen LogP) is 2.19. The zero-order valence-corrected chi connectivity index (χ0v) is 13.2. The molecular weight excluding hydrogens is 292 g/mol. The number of carbonyl (C=O) groups excluding carboxylic acids is 2. The lowest BCUT2D eigenvalue weighted by molar-refractivity contribution is -0.136. The molecule has 1 rings (SSSR count). The van der Waals surface area contributed by atoms with Crippen molar-refractivity contribution in [1.82, 2.24) is 5.32 Å². The second-order valence-corrected chi connectivity index (χ2v) is 6.32. The molecule has 21 heavy (non-hydrogen) atoms. The zero-order chi connectivity index (χ0) is 16.0. The molecule has 0 saturated heterocycles. The topological polar surface area (TPSA) is 78.4 Å². The lowest BCUT2D eigenvalue weighted by Crippen LogP contribution is -2.38. The van der Waals surface area contributed by atoms with Gasteiger partial charge >= 0.3 is 11.8 Å². The molecule has 0 bridgehead atoms. The lowest BCUT2D eigenvalue weighted by atomic mass is 9.87. The Balaban J connectivity index is 2.38. The summed E-state index contributed by atoms with van der Waals surface area (Å²) in [7, 11) is 0. The van der Waals surface area contributed by atoms with Gasteiger partial charge in [-0.2, -0.15) is 0 Å². The van der Waals surface area contributed by atoms with Crippen LogP contribution in [0.4, 0.5) is 5.69 Å². The highest BCUT2D eigenvalue weighted by molar-refractivity contribution is 6.39. The highest BCUT2D eigenvalue weighted by Crippen LogP contribution is 2.20. The van der Waals surface area contributed by atoms with Crippen LogP contribution in [0.25, 0.3) is 0 Å². The third-order valence-corrected chi connectivity index (χ3v) is 3.26. The van der Waals surface area contributed by atoms with Crippen LogP contribution in [0, 0.1) is 5.41 Å². The number of anilines is 1. The van der Waals surface area contributed by atoms with Crippen molar-refractivity contribution in [3.63, 3.8) is 0 Å². The molecule has 0 aliphatic carbocycles. The molecule has 0 aliphatic heterocycles. The van der Waals surface area contributed by atoms with Crippen molar-refractivity contribution in [2.75, 3.05) is 11.9 Å². The number of carbonyl (C=O) groups is 2. The van der Waals surface area contributed by atoms with Gasteiger partial charge in [0.1, 0.15) is 0 Å². The molecular formula is C15H21ClN2O3. The maximum atomic E-state index is 11.7. The van der Waals surface area contributed by atoms with Crippen molar-refractivity contribution >= 4 is 29.1 Å². The number of hydrogen-bond donors (Lipinski definition) is 3. The van der Waals surface area contributed by atoms with Crippen molar-refractivity contribution in [3.8, 4) is 0 Å². The highest BCUT2D eigenvalue weighted by Gasteiger charge is 2.22. The van der Waals surface area contributed by atoms with Crippen LogP contribution in [0.15, 0.2) is 24.3 Å². The van der Waals surface area contributed by atoms with E-state index in [0.717, 1.165) is 0 Å². The molecule has 0 saturated carbocycles. The third-order valence-electron chi connectivity index (χ3n) is 3.01. The molecule has 1 aromatic rings. The fraction of sp³-hybridized carbons (Fsp3) is 0.467. The van der Waals surface area contributed by atoms with Gasteiger partial charge in [0.05, 0.1) is 6.10 Å². The molecule has 1 unspecified atom stereocenters. The van der Waals surface area contributed by atoms with Gasteiger partial charge in [0.25, 0.3) is 0 Å². The van der Waals surface area contributed by atoms with Gasteiger partial charge < -0.3 is 15.7 Å². The summed E-state index contributed by atoms with van der Waals surface area (Å²) in [5.41, 5.74) is 0.241. The summed E-state index contributed by atoms with van der Waals surface area (Å²) in [6.07, 6.45) is -0.152. The fourth-order valence-electron chi connectivity index (χ4n) is 1.56. The van der Waals surface area contributed by atoms with E-state index in [1.54, 1.807) is 24.3 Å². The minimum Gasteiger partial charge on any atom is -0.393 e. The number of nitrogens with one attached hydrogen (secondary N) is 2. The Morgan fingerprint density at radius 1 is 1.19 bits per heavy atom. The molecule has 0 aromatic heterocycles. The van der Waals surface area contributed by atoms with Crippen LogP contribution in [-0.2, 0) is 9.59 Å². The quantitative estimate of drug-likeness (QED) is 0.746. The Labute approximate surface area is 129 Å². The van der Waals surface area contributed by atoms with E-state index < -0.39 is 17.9 Å². The van der Waals surface area contributed by atoms with Crippen LogP contribution in [0.5, 0.6) is 0 Å². The molecule has 0 heterocycles. The number of amides is 2. The summed E-state index contributed by atoms with van der Waals surface area (Å²) < 4.78 is 0. The van der Waals surface area contributed by atoms with Crippen LogP contribution >= 0.6 is 11.6 Å². The first-order valence-corrected chi connectivity index (χ1v) is 7.11. The predicted molar refractivity (Wildman–Crippen MR) is 83.2 cm³/mol. The normalized spacial score (nSPS) is 12.6. The van der Waals surface area contributed by atoms with E-state index in [0.29, 0.717) is 17.1 Å². The van der Waals surface area contributed by atoms with Crippen molar-refractivity contribution < 1.29 is 14.7 Å². The molecule has 1 aromatic carbocycles. The summed E-state index contributed by atoms with van der Waals surface area (Å²) >= 11 is 5.73. The number of rotatable bonds is 4. The second kappa shape index (κ2) is 7.43. The summed E-state index contributed by atoms with van der Waals surface area (Å²) in [6, 6.07) is 6.46. The SMILES string of the molecule is CC(C)(C)C(O)CCNC(=O)C(=O)Nc1ccc(Cl)cc1. The van der Waals surface area contributed by atoms with E-state index >= 15 is 0 Å². The largest absolute Gasteiger partial charge is 0.393 e. The molecule has 0 aliphatic rings. The molecule has 2 amide bonds. The van der Waals surface area contributed by atoms with E-state index in [1.165, 1.54) is 0 Å². The van der Waals surface area contributed by atoms with Crippen molar-refractivity contribution in [2.24, 2.45) is 5.41 Å². The Hall–Kier alpha value is -1.59. The monoisotopic (exact) mass is 312 g/mol. The van der Waals surface area contributed by atoms with Crippen molar-refractivity contribution in [2.45, 2.75) is 33.3 Å². The minimum absolute atomic E-state index is 0.241. The van der Waals surface area contributed by atoms with Crippen LogP contribution in [0.3, 0.4) is 0 Å². The smallest absolute Gasteiger partial charge is 0.313 e. The van der Waals surface area contributed by atoms with Gasteiger partial charge in [-0.1, -0.05) is 32.4 Å². The van der Waals surface area contributed by atoms with Crippen LogP contribution < -0.4 is 10.6 Å². The molecule has 1 atom stereocenters.